The molecule has 0 bridgehead atoms. The van der Waals surface area contributed by atoms with E-state index in [4.69, 9.17) is 22.1 Å². The number of aromatic nitrogens is 1. The molecule has 3 aromatic rings. The summed E-state index contributed by atoms with van der Waals surface area (Å²) >= 11 is 6.06. The number of nitrogen functional groups attached to an aromatic ring is 1. The molecule has 8 heteroatoms. The smallest absolute Gasteiger partial charge is 0.272 e. The summed E-state index contributed by atoms with van der Waals surface area (Å²) in [7, 11) is 1.47. The lowest BCUT2D eigenvalue weighted by Crippen LogP contribution is -2.13. The van der Waals surface area contributed by atoms with Crippen molar-refractivity contribution in [3.63, 3.8) is 0 Å². The van der Waals surface area contributed by atoms with E-state index in [-0.39, 0.29) is 11.4 Å². The summed E-state index contributed by atoms with van der Waals surface area (Å²) in [5.74, 6) is 0.449. The molecule has 0 amide bonds. The fourth-order valence-electron chi connectivity index (χ4n) is 2.58. The van der Waals surface area contributed by atoms with Crippen molar-refractivity contribution in [3.8, 4) is 16.9 Å². The van der Waals surface area contributed by atoms with Crippen LogP contribution in [0.2, 0.25) is 5.02 Å². The van der Waals surface area contributed by atoms with Gasteiger partial charge in [0, 0.05) is 39.2 Å². The number of nitro benzene ring substituents is 1. The van der Waals surface area contributed by atoms with Crippen molar-refractivity contribution >= 4 is 33.9 Å². The Hall–Kier alpha value is -3.06. The monoisotopic (exact) mass is 345 g/mol. The third-order valence-electron chi connectivity index (χ3n) is 3.68. The maximum atomic E-state index is 12.1. The first kappa shape index (κ1) is 15.8. The first-order chi connectivity index (χ1) is 11.4. The number of fused-ring (bicyclic) bond motifs is 1. The number of nitro groups is 1. The highest BCUT2D eigenvalue weighted by Gasteiger charge is 2.18. The number of aromatic amines is 1. The summed E-state index contributed by atoms with van der Waals surface area (Å²) in [5, 5.41) is 11.9. The van der Waals surface area contributed by atoms with E-state index < -0.39 is 10.5 Å². The van der Waals surface area contributed by atoms with Crippen molar-refractivity contribution in [2.24, 2.45) is 0 Å². The van der Waals surface area contributed by atoms with E-state index in [1.54, 1.807) is 18.2 Å². The molecule has 0 atom stereocenters. The van der Waals surface area contributed by atoms with Gasteiger partial charge in [-0.2, -0.15) is 0 Å². The molecule has 3 rings (SSSR count). The number of halogens is 1. The van der Waals surface area contributed by atoms with E-state index in [1.165, 1.54) is 25.3 Å². The molecular weight excluding hydrogens is 334 g/mol. The zero-order valence-corrected chi connectivity index (χ0v) is 13.3. The molecule has 0 fully saturated rings. The molecule has 0 radical (unpaired) electrons. The van der Waals surface area contributed by atoms with Crippen LogP contribution in [-0.4, -0.2) is 17.0 Å². The van der Waals surface area contributed by atoms with Crippen LogP contribution in [0.15, 0.2) is 41.2 Å². The van der Waals surface area contributed by atoms with Crippen molar-refractivity contribution in [2.45, 2.75) is 0 Å². The van der Waals surface area contributed by atoms with E-state index in [1.807, 2.05) is 0 Å². The van der Waals surface area contributed by atoms with E-state index in [0.717, 1.165) is 0 Å². The van der Waals surface area contributed by atoms with Crippen LogP contribution in [0, 0.1) is 10.1 Å². The molecule has 1 aromatic heterocycles. The van der Waals surface area contributed by atoms with Gasteiger partial charge in [-0.05, 0) is 24.3 Å². The fourth-order valence-corrected chi connectivity index (χ4v) is 2.75. The number of rotatable bonds is 3. The van der Waals surface area contributed by atoms with Crippen LogP contribution in [0.4, 0.5) is 11.4 Å². The third-order valence-corrected chi connectivity index (χ3v) is 3.91. The molecule has 0 saturated carbocycles. The van der Waals surface area contributed by atoms with Crippen molar-refractivity contribution in [1.29, 1.82) is 0 Å². The van der Waals surface area contributed by atoms with Gasteiger partial charge in [-0.1, -0.05) is 11.6 Å². The summed E-state index contributed by atoms with van der Waals surface area (Å²) in [4.78, 5) is 25.3. The molecule has 3 N–H and O–H groups in total. The molecule has 0 aliphatic heterocycles. The van der Waals surface area contributed by atoms with Crippen LogP contribution in [0.1, 0.15) is 0 Å². The zero-order valence-electron chi connectivity index (χ0n) is 12.5. The quantitative estimate of drug-likeness (QED) is 0.558. The van der Waals surface area contributed by atoms with Crippen LogP contribution < -0.4 is 16.0 Å². The highest BCUT2D eigenvalue weighted by Crippen LogP contribution is 2.39. The number of anilines is 1. The molecule has 0 aliphatic carbocycles. The Kier molecular flexibility index (Phi) is 3.86. The second-order valence-corrected chi connectivity index (χ2v) is 5.51. The number of nitrogens with two attached hydrogens (primary N) is 1. The Morgan fingerprint density at radius 3 is 2.67 bits per heavy atom. The first-order valence-electron chi connectivity index (χ1n) is 6.86. The molecule has 24 heavy (non-hydrogen) atoms. The van der Waals surface area contributed by atoms with E-state index in [2.05, 4.69) is 4.98 Å². The first-order valence-corrected chi connectivity index (χ1v) is 7.24. The molecule has 1 heterocycles. The third kappa shape index (κ3) is 2.55. The van der Waals surface area contributed by atoms with Crippen LogP contribution in [0.5, 0.6) is 5.75 Å². The number of H-pyrrole nitrogens is 1. The van der Waals surface area contributed by atoms with Crippen LogP contribution in [0.25, 0.3) is 22.0 Å². The van der Waals surface area contributed by atoms with E-state index in [0.29, 0.717) is 32.8 Å². The minimum Gasteiger partial charge on any atom is -0.496 e. The number of hydrogen-bond acceptors (Lipinski definition) is 5. The van der Waals surface area contributed by atoms with Gasteiger partial charge in [0.05, 0.1) is 12.0 Å². The molecule has 0 spiro atoms. The molecule has 122 valence electrons. The second kappa shape index (κ2) is 5.86. The number of nitrogens with zero attached hydrogens (tertiary/aromatic N) is 1. The average Bonchev–Trinajstić information content (AvgIpc) is 2.55. The van der Waals surface area contributed by atoms with Crippen LogP contribution >= 0.6 is 11.6 Å². The topological polar surface area (TPSA) is 111 Å². The summed E-state index contributed by atoms with van der Waals surface area (Å²) in [5.41, 5.74) is 6.55. The SMILES string of the molecule is COc1ccc(Cl)cc1-c1c(N)c(=O)[nH]c2ccc([N+](=O)[O-])cc12. The van der Waals surface area contributed by atoms with Crippen LogP contribution in [0.3, 0.4) is 0 Å². The molecular formula is C16H12ClN3O4. The zero-order chi connectivity index (χ0) is 17.4. The Balaban J connectivity index is 2.48. The summed E-state index contributed by atoms with van der Waals surface area (Å²) in [6.07, 6.45) is 0. The molecule has 7 nitrogen and oxygen atoms in total. The van der Waals surface area contributed by atoms with Crippen molar-refractivity contribution in [1.82, 2.24) is 4.98 Å². The highest BCUT2D eigenvalue weighted by atomic mass is 35.5. The van der Waals surface area contributed by atoms with E-state index in [9.17, 15) is 14.9 Å². The molecule has 2 aromatic carbocycles. The predicted octanol–water partition coefficient (Wildman–Crippen LogP) is 3.35. The number of methoxy groups -OCH3 is 1. The van der Waals surface area contributed by atoms with Gasteiger partial charge in [0.1, 0.15) is 11.4 Å². The summed E-state index contributed by atoms with van der Waals surface area (Å²) < 4.78 is 5.32. The predicted molar refractivity (Wildman–Crippen MR) is 92.6 cm³/mol. The maximum Gasteiger partial charge on any atom is 0.272 e. The Labute approximate surface area is 140 Å². The number of pyridine rings is 1. The van der Waals surface area contributed by atoms with Gasteiger partial charge in [-0.3, -0.25) is 14.9 Å². The Bertz CT molecular complexity index is 1030. The fraction of sp³-hybridized carbons (Fsp3) is 0.0625. The molecule has 0 aliphatic rings. The minimum atomic E-state index is -0.514. The standard InChI is InChI=1S/C16H12ClN3O4/c1-24-13-5-2-8(17)6-11(13)14-10-7-9(20(22)23)3-4-12(10)19-16(21)15(14)18/h2-7H,18H2,1H3,(H,19,21). The van der Waals surface area contributed by atoms with Crippen molar-refractivity contribution in [3.05, 3.63) is 61.9 Å². The lowest BCUT2D eigenvalue weighted by molar-refractivity contribution is -0.384. The number of nitrogens with one attached hydrogen (secondary N) is 1. The normalized spacial score (nSPS) is 10.8. The summed E-state index contributed by atoms with van der Waals surface area (Å²) in [6, 6.07) is 9.02. The minimum absolute atomic E-state index is 0.0661. The number of hydrogen-bond donors (Lipinski definition) is 2. The number of non-ortho nitro benzene ring substituents is 1. The van der Waals surface area contributed by atoms with Crippen LogP contribution in [-0.2, 0) is 0 Å². The Morgan fingerprint density at radius 2 is 2.00 bits per heavy atom. The van der Waals surface area contributed by atoms with Gasteiger partial charge in [-0.25, -0.2) is 0 Å². The number of benzene rings is 2. The van der Waals surface area contributed by atoms with Gasteiger partial charge < -0.3 is 15.5 Å². The lowest BCUT2D eigenvalue weighted by Gasteiger charge is -2.13. The van der Waals surface area contributed by atoms with Gasteiger partial charge in [0.2, 0.25) is 0 Å². The van der Waals surface area contributed by atoms with Gasteiger partial charge in [0.25, 0.3) is 11.2 Å². The van der Waals surface area contributed by atoms with Gasteiger partial charge >= 0.3 is 0 Å². The molecule has 0 saturated heterocycles. The van der Waals surface area contributed by atoms with E-state index >= 15 is 0 Å². The average molecular weight is 346 g/mol. The van der Waals surface area contributed by atoms with Crippen molar-refractivity contribution < 1.29 is 9.66 Å². The van der Waals surface area contributed by atoms with Crippen molar-refractivity contribution in [2.75, 3.05) is 12.8 Å². The largest absolute Gasteiger partial charge is 0.496 e. The van der Waals surface area contributed by atoms with Gasteiger partial charge in [-0.15, -0.1) is 0 Å². The highest BCUT2D eigenvalue weighted by molar-refractivity contribution is 6.31. The second-order valence-electron chi connectivity index (χ2n) is 5.07. The Morgan fingerprint density at radius 1 is 1.25 bits per heavy atom. The summed E-state index contributed by atoms with van der Waals surface area (Å²) in [6.45, 7) is 0. The number of ether oxygens (including phenoxy) is 1. The lowest BCUT2D eigenvalue weighted by atomic mass is 9.98. The molecule has 0 unspecified atom stereocenters. The van der Waals surface area contributed by atoms with Gasteiger partial charge in [0.15, 0.2) is 0 Å². The maximum absolute atomic E-state index is 12.1.